The molecule has 1 aromatic carbocycles. The fourth-order valence-electron chi connectivity index (χ4n) is 1.80. The molecular weight excluding hydrogens is 352 g/mol. The zero-order valence-corrected chi connectivity index (χ0v) is 14.2. The van der Waals surface area contributed by atoms with Crippen molar-refractivity contribution in [1.29, 1.82) is 0 Å². The van der Waals surface area contributed by atoms with Crippen LogP contribution >= 0.6 is 27.5 Å². The Morgan fingerprint density at radius 1 is 1.29 bits per heavy atom. The molecule has 0 saturated carbocycles. The molecule has 0 spiro atoms. The summed E-state index contributed by atoms with van der Waals surface area (Å²) in [5.74, 6) is 0.662. The number of aromatic nitrogens is 1. The Bertz CT molecular complexity index is 575. The molecule has 112 valence electrons. The number of nitrogens with one attached hydrogen (secondary N) is 1. The van der Waals surface area contributed by atoms with Crippen molar-refractivity contribution < 1.29 is 4.74 Å². The van der Waals surface area contributed by atoms with Crippen LogP contribution in [0.1, 0.15) is 24.6 Å². The molecule has 0 aliphatic rings. The molecule has 0 aliphatic carbocycles. The zero-order valence-electron chi connectivity index (χ0n) is 11.9. The summed E-state index contributed by atoms with van der Waals surface area (Å²) in [6.45, 7) is 4.43. The largest absolute Gasteiger partial charge is 0.486 e. The highest BCUT2D eigenvalue weighted by atomic mass is 79.9. The van der Waals surface area contributed by atoms with Gasteiger partial charge in [-0.3, -0.25) is 4.98 Å². The first-order chi connectivity index (χ1) is 10.2. The van der Waals surface area contributed by atoms with Crippen molar-refractivity contribution in [3.05, 3.63) is 57.3 Å². The van der Waals surface area contributed by atoms with E-state index in [0.717, 1.165) is 29.7 Å². The van der Waals surface area contributed by atoms with Crippen molar-refractivity contribution in [1.82, 2.24) is 10.3 Å². The van der Waals surface area contributed by atoms with E-state index in [1.807, 2.05) is 30.5 Å². The van der Waals surface area contributed by atoms with Crippen LogP contribution in [0.15, 0.2) is 41.0 Å². The lowest BCUT2D eigenvalue weighted by molar-refractivity contribution is 0.301. The second-order valence-electron chi connectivity index (χ2n) is 4.70. The molecule has 0 radical (unpaired) electrons. The molecule has 21 heavy (non-hydrogen) atoms. The number of nitrogens with zero attached hydrogens (tertiary/aromatic N) is 1. The van der Waals surface area contributed by atoms with E-state index < -0.39 is 0 Å². The molecule has 2 aromatic rings. The summed E-state index contributed by atoms with van der Waals surface area (Å²) >= 11 is 9.48. The molecule has 0 saturated heterocycles. The number of ether oxygens (including phenoxy) is 1. The first-order valence-electron chi connectivity index (χ1n) is 6.91. The van der Waals surface area contributed by atoms with Gasteiger partial charge in [0.15, 0.2) is 0 Å². The lowest BCUT2D eigenvalue weighted by Gasteiger charge is -2.08. The fraction of sp³-hybridized carbons (Fsp3) is 0.312. The third-order valence-electron chi connectivity index (χ3n) is 2.91. The van der Waals surface area contributed by atoms with Gasteiger partial charge < -0.3 is 10.1 Å². The maximum Gasteiger partial charge on any atom is 0.138 e. The van der Waals surface area contributed by atoms with Crippen LogP contribution in [0.2, 0.25) is 5.02 Å². The minimum atomic E-state index is 0.407. The third-order valence-corrected chi connectivity index (χ3v) is 3.70. The molecular formula is C16H18BrClN2O. The van der Waals surface area contributed by atoms with E-state index in [-0.39, 0.29) is 0 Å². The van der Waals surface area contributed by atoms with Crippen LogP contribution in [-0.4, -0.2) is 11.5 Å². The summed E-state index contributed by atoms with van der Waals surface area (Å²) in [7, 11) is 0. The smallest absolute Gasteiger partial charge is 0.138 e. The van der Waals surface area contributed by atoms with Gasteiger partial charge in [-0.05, 0) is 42.8 Å². The number of benzene rings is 1. The van der Waals surface area contributed by atoms with Crippen molar-refractivity contribution >= 4 is 27.5 Å². The Morgan fingerprint density at radius 3 is 2.81 bits per heavy atom. The van der Waals surface area contributed by atoms with E-state index >= 15 is 0 Å². The summed E-state index contributed by atoms with van der Waals surface area (Å²) < 4.78 is 6.62. The minimum Gasteiger partial charge on any atom is -0.486 e. The van der Waals surface area contributed by atoms with Gasteiger partial charge in [0.05, 0.1) is 10.7 Å². The average Bonchev–Trinajstić information content (AvgIpc) is 2.48. The number of halogens is 2. The molecule has 0 fully saturated rings. The third kappa shape index (κ3) is 5.30. The highest BCUT2D eigenvalue weighted by molar-refractivity contribution is 9.10. The van der Waals surface area contributed by atoms with Crippen molar-refractivity contribution in [3.63, 3.8) is 0 Å². The summed E-state index contributed by atoms with van der Waals surface area (Å²) in [5.41, 5.74) is 2.06. The molecule has 0 bridgehead atoms. The Hall–Kier alpha value is -1.10. The van der Waals surface area contributed by atoms with E-state index in [2.05, 4.69) is 39.2 Å². The van der Waals surface area contributed by atoms with E-state index in [0.29, 0.717) is 17.4 Å². The average molecular weight is 370 g/mol. The lowest BCUT2D eigenvalue weighted by atomic mass is 10.2. The molecule has 0 unspecified atom stereocenters. The van der Waals surface area contributed by atoms with Gasteiger partial charge in [-0.25, -0.2) is 0 Å². The molecule has 3 nitrogen and oxygen atoms in total. The number of hydrogen-bond donors (Lipinski definition) is 1. The molecule has 1 N–H and O–H groups in total. The van der Waals surface area contributed by atoms with Gasteiger partial charge in [0.2, 0.25) is 0 Å². The predicted octanol–water partition coefficient (Wildman–Crippen LogP) is 4.58. The standard InChI is InChI=1S/C16H18BrClN2O/c1-2-7-19-9-12-3-5-14(20-10-12)11-21-16-6-4-13(17)8-15(16)18/h3-6,8,10,19H,2,7,9,11H2,1H3. The maximum absolute atomic E-state index is 6.11. The van der Waals surface area contributed by atoms with E-state index in [1.54, 1.807) is 0 Å². The van der Waals surface area contributed by atoms with Gasteiger partial charge in [-0.1, -0.05) is 40.5 Å². The normalized spacial score (nSPS) is 10.6. The molecule has 5 heteroatoms. The molecule has 1 heterocycles. The summed E-state index contributed by atoms with van der Waals surface area (Å²) in [6.07, 6.45) is 3.01. The SMILES string of the molecule is CCCNCc1ccc(COc2ccc(Br)cc2Cl)nc1. The lowest BCUT2D eigenvalue weighted by Crippen LogP contribution is -2.14. The molecule has 2 rings (SSSR count). The molecule has 0 aliphatic heterocycles. The summed E-state index contributed by atoms with van der Waals surface area (Å²) in [6, 6.07) is 9.60. The van der Waals surface area contributed by atoms with Crippen molar-refractivity contribution in [2.24, 2.45) is 0 Å². The van der Waals surface area contributed by atoms with Crippen LogP contribution in [0.4, 0.5) is 0 Å². The van der Waals surface area contributed by atoms with Crippen molar-refractivity contribution in [2.75, 3.05) is 6.54 Å². The Morgan fingerprint density at radius 2 is 2.14 bits per heavy atom. The van der Waals surface area contributed by atoms with Crippen LogP contribution in [0.25, 0.3) is 0 Å². The van der Waals surface area contributed by atoms with Crippen molar-refractivity contribution in [2.45, 2.75) is 26.5 Å². The zero-order chi connectivity index (χ0) is 15.1. The first-order valence-corrected chi connectivity index (χ1v) is 8.08. The fourth-order valence-corrected chi connectivity index (χ4v) is 2.53. The van der Waals surface area contributed by atoms with Crippen LogP contribution in [0.5, 0.6) is 5.75 Å². The second kappa shape index (κ2) is 8.37. The number of hydrogen-bond acceptors (Lipinski definition) is 3. The minimum absolute atomic E-state index is 0.407. The topological polar surface area (TPSA) is 34.1 Å². The number of pyridine rings is 1. The molecule has 0 amide bonds. The summed E-state index contributed by atoms with van der Waals surface area (Å²) in [4.78, 5) is 4.40. The van der Waals surface area contributed by atoms with Gasteiger partial charge in [-0.2, -0.15) is 0 Å². The quantitative estimate of drug-likeness (QED) is 0.726. The van der Waals surface area contributed by atoms with Gasteiger partial charge >= 0.3 is 0 Å². The molecule has 1 aromatic heterocycles. The first kappa shape index (κ1) is 16.3. The monoisotopic (exact) mass is 368 g/mol. The Balaban J connectivity index is 1.88. The van der Waals surface area contributed by atoms with E-state index in [4.69, 9.17) is 16.3 Å². The van der Waals surface area contributed by atoms with E-state index in [9.17, 15) is 0 Å². The van der Waals surface area contributed by atoms with Gasteiger partial charge in [0.25, 0.3) is 0 Å². The van der Waals surface area contributed by atoms with Crippen LogP contribution in [0, 0.1) is 0 Å². The van der Waals surface area contributed by atoms with Gasteiger partial charge in [0, 0.05) is 17.2 Å². The van der Waals surface area contributed by atoms with Crippen LogP contribution in [0.3, 0.4) is 0 Å². The van der Waals surface area contributed by atoms with Crippen LogP contribution < -0.4 is 10.1 Å². The Labute approximate surface area is 138 Å². The summed E-state index contributed by atoms with van der Waals surface area (Å²) in [5, 5.41) is 3.94. The van der Waals surface area contributed by atoms with Crippen LogP contribution in [-0.2, 0) is 13.2 Å². The maximum atomic E-state index is 6.11. The second-order valence-corrected chi connectivity index (χ2v) is 6.02. The van der Waals surface area contributed by atoms with Crippen molar-refractivity contribution in [3.8, 4) is 5.75 Å². The van der Waals surface area contributed by atoms with Gasteiger partial charge in [0.1, 0.15) is 12.4 Å². The molecule has 0 atom stereocenters. The highest BCUT2D eigenvalue weighted by Gasteiger charge is 2.03. The van der Waals surface area contributed by atoms with Gasteiger partial charge in [-0.15, -0.1) is 0 Å². The number of rotatable bonds is 7. The highest BCUT2D eigenvalue weighted by Crippen LogP contribution is 2.28. The van der Waals surface area contributed by atoms with E-state index in [1.165, 1.54) is 5.56 Å². The Kier molecular flexibility index (Phi) is 6.49. The predicted molar refractivity (Wildman–Crippen MR) is 89.7 cm³/mol.